The second-order valence-electron chi connectivity index (χ2n) is 4.51. The Kier molecular flexibility index (Phi) is 5.45. The number of rotatable bonds is 8. The van der Waals surface area contributed by atoms with Crippen LogP contribution in [0, 0.1) is 6.92 Å². The Balaban J connectivity index is 1.96. The van der Waals surface area contributed by atoms with Crippen molar-refractivity contribution < 1.29 is 8.42 Å². The van der Waals surface area contributed by atoms with Gasteiger partial charge in [0.05, 0.1) is 16.9 Å². The number of nitrogens with one attached hydrogen (secondary N) is 3. The molecule has 7 nitrogen and oxygen atoms in total. The van der Waals surface area contributed by atoms with E-state index in [-0.39, 0.29) is 5.03 Å². The largest absolute Gasteiger partial charge is 0.313 e. The van der Waals surface area contributed by atoms with E-state index in [0.29, 0.717) is 25.1 Å². The SMILES string of the molecule is CCNCc1cn[nH]c1S(=O)(=O)NCCc1csc(C)n1. The average molecular weight is 329 g/mol. The third-order valence-corrected chi connectivity index (χ3v) is 5.15. The van der Waals surface area contributed by atoms with Gasteiger partial charge in [-0.15, -0.1) is 11.3 Å². The quantitative estimate of drug-likeness (QED) is 0.665. The molecule has 2 heterocycles. The van der Waals surface area contributed by atoms with Crippen LogP contribution in [-0.2, 0) is 23.0 Å². The molecule has 21 heavy (non-hydrogen) atoms. The minimum atomic E-state index is -3.57. The Labute approximate surface area is 128 Å². The minimum absolute atomic E-state index is 0.123. The van der Waals surface area contributed by atoms with Crippen molar-refractivity contribution in [3.8, 4) is 0 Å². The number of hydrogen-bond donors (Lipinski definition) is 3. The standard InChI is InChI=1S/C12H19N5O2S2/c1-3-13-6-10-7-14-17-12(10)21(18,19)15-5-4-11-8-20-9(2)16-11/h7-8,13,15H,3-6H2,1-2H3,(H,14,17). The Bertz CT molecular complexity index is 677. The number of hydrogen-bond acceptors (Lipinski definition) is 6. The van der Waals surface area contributed by atoms with Gasteiger partial charge >= 0.3 is 0 Å². The number of H-pyrrole nitrogens is 1. The summed E-state index contributed by atoms with van der Waals surface area (Å²) in [6, 6.07) is 0. The molecule has 0 saturated heterocycles. The van der Waals surface area contributed by atoms with Crippen LogP contribution < -0.4 is 10.0 Å². The first-order valence-corrected chi connectivity index (χ1v) is 9.03. The molecule has 116 valence electrons. The molecule has 2 aromatic rings. The van der Waals surface area contributed by atoms with Gasteiger partial charge in [0.2, 0.25) is 0 Å². The van der Waals surface area contributed by atoms with Crippen molar-refractivity contribution >= 4 is 21.4 Å². The summed E-state index contributed by atoms with van der Waals surface area (Å²) in [6.07, 6.45) is 2.10. The fourth-order valence-corrected chi connectivity index (χ4v) is 3.63. The molecule has 0 aromatic carbocycles. The molecular formula is C12H19N5O2S2. The van der Waals surface area contributed by atoms with E-state index in [1.807, 2.05) is 19.2 Å². The van der Waals surface area contributed by atoms with Gasteiger partial charge in [0.1, 0.15) is 0 Å². The molecule has 3 N–H and O–H groups in total. The molecule has 0 saturated carbocycles. The molecule has 0 spiro atoms. The normalized spacial score (nSPS) is 11.9. The highest BCUT2D eigenvalue weighted by Gasteiger charge is 2.20. The molecule has 0 bridgehead atoms. The van der Waals surface area contributed by atoms with Crippen molar-refractivity contribution in [1.29, 1.82) is 0 Å². The van der Waals surface area contributed by atoms with E-state index >= 15 is 0 Å². The Hall–Kier alpha value is -1.29. The van der Waals surface area contributed by atoms with Gasteiger partial charge in [-0.05, 0) is 13.5 Å². The van der Waals surface area contributed by atoms with Crippen LogP contribution >= 0.6 is 11.3 Å². The topological polar surface area (TPSA) is 99.8 Å². The lowest BCUT2D eigenvalue weighted by atomic mass is 10.3. The van der Waals surface area contributed by atoms with Gasteiger partial charge in [0, 0.05) is 30.5 Å². The Morgan fingerprint density at radius 2 is 2.24 bits per heavy atom. The number of aryl methyl sites for hydroxylation is 1. The zero-order valence-corrected chi connectivity index (χ0v) is 13.6. The van der Waals surface area contributed by atoms with Crippen molar-refractivity contribution in [2.24, 2.45) is 0 Å². The maximum atomic E-state index is 12.2. The summed E-state index contributed by atoms with van der Waals surface area (Å²) in [5, 5.41) is 12.5. The maximum absolute atomic E-state index is 12.2. The van der Waals surface area contributed by atoms with E-state index in [0.717, 1.165) is 17.2 Å². The maximum Gasteiger partial charge on any atom is 0.257 e. The lowest BCUT2D eigenvalue weighted by Crippen LogP contribution is -2.28. The van der Waals surface area contributed by atoms with Gasteiger partial charge < -0.3 is 5.32 Å². The van der Waals surface area contributed by atoms with Gasteiger partial charge in [-0.2, -0.15) is 5.10 Å². The molecule has 0 aliphatic rings. The average Bonchev–Trinajstić information content (AvgIpc) is 3.05. The minimum Gasteiger partial charge on any atom is -0.313 e. The lowest BCUT2D eigenvalue weighted by molar-refractivity contribution is 0.574. The van der Waals surface area contributed by atoms with Crippen LogP contribution in [-0.4, -0.2) is 36.7 Å². The Morgan fingerprint density at radius 3 is 2.90 bits per heavy atom. The van der Waals surface area contributed by atoms with Gasteiger partial charge in [-0.1, -0.05) is 6.92 Å². The molecule has 2 rings (SSSR count). The van der Waals surface area contributed by atoms with Crippen LogP contribution in [0.1, 0.15) is 23.2 Å². The van der Waals surface area contributed by atoms with Crippen molar-refractivity contribution in [3.05, 3.63) is 27.8 Å². The third kappa shape index (κ3) is 4.34. The molecular weight excluding hydrogens is 310 g/mol. The van der Waals surface area contributed by atoms with E-state index in [2.05, 4.69) is 25.2 Å². The number of thiazole rings is 1. The summed E-state index contributed by atoms with van der Waals surface area (Å²) < 4.78 is 27.1. The molecule has 0 amide bonds. The summed E-state index contributed by atoms with van der Waals surface area (Å²) in [7, 11) is -3.57. The van der Waals surface area contributed by atoms with E-state index < -0.39 is 10.0 Å². The van der Waals surface area contributed by atoms with Gasteiger partial charge in [0.15, 0.2) is 5.03 Å². The van der Waals surface area contributed by atoms with Gasteiger partial charge in [0.25, 0.3) is 10.0 Å². The highest BCUT2D eigenvalue weighted by atomic mass is 32.2. The Morgan fingerprint density at radius 1 is 1.43 bits per heavy atom. The molecule has 0 fully saturated rings. The summed E-state index contributed by atoms with van der Waals surface area (Å²) in [5.74, 6) is 0. The molecule has 2 aromatic heterocycles. The number of aromatic amines is 1. The fourth-order valence-electron chi connectivity index (χ4n) is 1.83. The second kappa shape index (κ2) is 7.12. The third-order valence-electron chi connectivity index (χ3n) is 2.85. The van der Waals surface area contributed by atoms with Crippen LogP contribution in [0.4, 0.5) is 0 Å². The van der Waals surface area contributed by atoms with Crippen molar-refractivity contribution in [2.45, 2.75) is 31.8 Å². The highest BCUT2D eigenvalue weighted by Crippen LogP contribution is 2.12. The first-order valence-electron chi connectivity index (χ1n) is 6.66. The van der Waals surface area contributed by atoms with Crippen molar-refractivity contribution in [2.75, 3.05) is 13.1 Å². The molecule has 0 radical (unpaired) electrons. The molecule has 0 unspecified atom stereocenters. The summed E-state index contributed by atoms with van der Waals surface area (Å²) in [4.78, 5) is 4.30. The summed E-state index contributed by atoms with van der Waals surface area (Å²) in [5.41, 5.74) is 1.53. The van der Waals surface area contributed by atoms with Crippen LogP contribution in [0.3, 0.4) is 0 Å². The predicted molar refractivity (Wildman–Crippen MR) is 81.7 cm³/mol. The monoisotopic (exact) mass is 329 g/mol. The number of sulfonamides is 1. The molecule has 9 heteroatoms. The van der Waals surface area contributed by atoms with Crippen LogP contribution in [0.15, 0.2) is 16.6 Å². The zero-order valence-electron chi connectivity index (χ0n) is 12.0. The summed E-state index contributed by atoms with van der Waals surface area (Å²) in [6.45, 7) is 5.43. The zero-order chi connectivity index (χ0) is 15.3. The molecule has 0 aliphatic carbocycles. The number of aromatic nitrogens is 3. The first kappa shape index (κ1) is 16.1. The van der Waals surface area contributed by atoms with E-state index in [9.17, 15) is 8.42 Å². The second-order valence-corrected chi connectivity index (χ2v) is 7.28. The lowest BCUT2D eigenvalue weighted by Gasteiger charge is -2.06. The predicted octanol–water partition coefficient (Wildman–Crippen LogP) is 0.805. The van der Waals surface area contributed by atoms with Crippen LogP contribution in [0.2, 0.25) is 0 Å². The van der Waals surface area contributed by atoms with Crippen molar-refractivity contribution in [1.82, 2.24) is 25.2 Å². The number of nitrogens with zero attached hydrogens (tertiary/aromatic N) is 2. The summed E-state index contributed by atoms with van der Waals surface area (Å²) >= 11 is 1.56. The first-order chi connectivity index (χ1) is 10.0. The van der Waals surface area contributed by atoms with Crippen molar-refractivity contribution in [3.63, 3.8) is 0 Å². The van der Waals surface area contributed by atoms with E-state index in [1.54, 1.807) is 11.3 Å². The molecule has 0 atom stereocenters. The van der Waals surface area contributed by atoms with Gasteiger partial charge in [-0.25, -0.2) is 18.1 Å². The highest BCUT2D eigenvalue weighted by molar-refractivity contribution is 7.89. The van der Waals surface area contributed by atoms with Crippen LogP contribution in [0.25, 0.3) is 0 Å². The van der Waals surface area contributed by atoms with E-state index in [4.69, 9.17) is 0 Å². The molecule has 0 aliphatic heterocycles. The van der Waals surface area contributed by atoms with Gasteiger partial charge in [-0.3, -0.25) is 5.10 Å². The smallest absolute Gasteiger partial charge is 0.257 e. The van der Waals surface area contributed by atoms with E-state index in [1.165, 1.54) is 6.20 Å². The fraction of sp³-hybridized carbons (Fsp3) is 0.500. The van der Waals surface area contributed by atoms with Crippen LogP contribution in [0.5, 0.6) is 0 Å².